The van der Waals surface area contributed by atoms with E-state index in [4.69, 9.17) is 43.6 Å². The third-order valence-electron chi connectivity index (χ3n) is 7.28. The van der Waals surface area contributed by atoms with E-state index in [9.17, 15) is 24.0 Å². The number of hydrogen-bond acceptors (Lipinski definition) is 14. The van der Waals surface area contributed by atoms with Gasteiger partial charge in [-0.15, -0.1) is 0 Å². The van der Waals surface area contributed by atoms with Crippen LogP contribution in [0.2, 0.25) is 0 Å². The van der Waals surface area contributed by atoms with Gasteiger partial charge in [-0.2, -0.15) is 0 Å². The van der Waals surface area contributed by atoms with Gasteiger partial charge in [0.15, 0.2) is 25.0 Å². The quantitative estimate of drug-likeness (QED) is 0.126. The number of ether oxygens (including phenoxy) is 8. The highest BCUT2D eigenvalue weighted by atomic mass is 16.7. The van der Waals surface area contributed by atoms with Crippen molar-refractivity contribution in [3.8, 4) is 11.5 Å². The predicted octanol–water partition coefficient (Wildman–Crippen LogP) is 3.49. The Bertz CT molecular complexity index is 1670. The van der Waals surface area contributed by atoms with Gasteiger partial charge in [-0.25, -0.2) is 9.59 Å². The summed E-state index contributed by atoms with van der Waals surface area (Å²) in [6.45, 7) is 5.17. The molecular formula is C34H38N2O13. The molecule has 1 saturated heterocycles. The van der Waals surface area contributed by atoms with E-state index in [-0.39, 0.29) is 24.8 Å². The Hall–Kier alpha value is -5.57. The molecule has 1 aliphatic rings. The Balaban J connectivity index is 1.46. The third-order valence-corrected chi connectivity index (χ3v) is 7.28. The summed E-state index contributed by atoms with van der Waals surface area (Å²) in [5, 5.41) is 1.92. The van der Waals surface area contributed by atoms with E-state index in [1.807, 2.05) is 42.5 Å². The minimum Gasteiger partial charge on any atom is -0.472 e. The van der Waals surface area contributed by atoms with Crippen molar-refractivity contribution < 1.29 is 61.9 Å². The first-order valence-electron chi connectivity index (χ1n) is 15.2. The number of nitrogens with two attached hydrogens (primary N) is 1. The van der Waals surface area contributed by atoms with Crippen molar-refractivity contribution in [3.63, 3.8) is 0 Å². The van der Waals surface area contributed by atoms with Gasteiger partial charge in [0.25, 0.3) is 0 Å². The molecule has 5 atom stereocenters. The first kappa shape index (κ1) is 36.3. The zero-order valence-corrected chi connectivity index (χ0v) is 27.6. The summed E-state index contributed by atoms with van der Waals surface area (Å²) in [5.74, 6) is -2.81. The molecule has 49 heavy (non-hydrogen) atoms. The topological polar surface area (TPSA) is 188 Å². The van der Waals surface area contributed by atoms with Crippen LogP contribution in [-0.4, -0.2) is 86.0 Å². The molecule has 0 radical (unpaired) electrons. The molecular weight excluding hydrogens is 644 g/mol. The molecule has 0 spiro atoms. The van der Waals surface area contributed by atoms with Crippen LogP contribution in [0, 0.1) is 0 Å². The van der Waals surface area contributed by atoms with E-state index in [0.29, 0.717) is 17.9 Å². The predicted molar refractivity (Wildman–Crippen MR) is 171 cm³/mol. The van der Waals surface area contributed by atoms with Gasteiger partial charge in [0, 0.05) is 32.7 Å². The maximum atomic E-state index is 12.9. The number of hydrogen-bond donors (Lipinski definition) is 1. The van der Waals surface area contributed by atoms with Crippen molar-refractivity contribution in [2.45, 2.75) is 65.0 Å². The normalized spacial score (nSPS) is 20.0. The smallest absolute Gasteiger partial charge is 0.412 e. The molecule has 0 aromatic heterocycles. The fourth-order valence-electron chi connectivity index (χ4n) is 5.07. The number of carbonyl (C=O) groups excluding carboxylic acids is 5. The van der Waals surface area contributed by atoms with Gasteiger partial charge in [0.05, 0.1) is 12.8 Å². The Kier molecular flexibility index (Phi) is 12.2. The van der Waals surface area contributed by atoms with Crippen LogP contribution in [0.4, 0.5) is 10.5 Å². The lowest BCUT2D eigenvalue weighted by Crippen LogP contribution is -2.64. The molecule has 2 N–H and O–H groups in total. The van der Waals surface area contributed by atoms with Crippen molar-refractivity contribution in [1.82, 2.24) is 4.90 Å². The second-order valence-electron chi connectivity index (χ2n) is 10.8. The summed E-state index contributed by atoms with van der Waals surface area (Å²) in [5.41, 5.74) is 6.83. The van der Waals surface area contributed by atoms with Gasteiger partial charge < -0.3 is 43.6 Å². The van der Waals surface area contributed by atoms with E-state index in [1.54, 1.807) is 13.0 Å². The minimum atomic E-state index is -1.64. The fourth-order valence-corrected chi connectivity index (χ4v) is 5.07. The van der Waals surface area contributed by atoms with Crippen LogP contribution in [0.25, 0.3) is 10.8 Å². The summed E-state index contributed by atoms with van der Waals surface area (Å²) < 4.78 is 43.9. The summed E-state index contributed by atoms with van der Waals surface area (Å²) in [7, 11) is 1.08. The lowest BCUT2D eigenvalue weighted by molar-refractivity contribution is -0.282. The number of benzene rings is 3. The van der Waals surface area contributed by atoms with Crippen LogP contribution >= 0.6 is 0 Å². The molecule has 0 bridgehead atoms. The molecule has 15 heteroatoms. The van der Waals surface area contributed by atoms with Gasteiger partial charge in [0.1, 0.15) is 18.1 Å². The van der Waals surface area contributed by atoms with E-state index in [0.717, 1.165) is 38.7 Å². The monoisotopic (exact) mass is 682 g/mol. The minimum absolute atomic E-state index is 0.0204. The summed E-state index contributed by atoms with van der Waals surface area (Å²) in [6.07, 6.45) is -8.43. The van der Waals surface area contributed by atoms with E-state index in [1.165, 1.54) is 17.0 Å². The zero-order chi connectivity index (χ0) is 35.7. The summed E-state index contributed by atoms with van der Waals surface area (Å²) in [6, 6.07) is 17.9. The van der Waals surface area contributed by atoms with Crippen LogP contribution in [0.5, 0.6) is 11.5 Å². The average Bonchev–Trinajstić information content (AvgIpc) is 3.06. The highest BCUT2D eigenvalue weighted by Gasteiger charge is 2.56. The van der Waals surface area contributed by atoms with Crippen LogP contribution in [0.3, 0.4) is 0 Å². The van der Waals surface area contributed by atoms with Gasteiger partial charge in [-0.1, -0.05) is 42.5 Å². The SMILES string of the molecule is CCN(COc1cccc2ccccc12)C(=O)OCc1ccc(O[C@@H]2OC(C(=O)OC)C(OC(C)=O)[C@H](OC(C)=O)C2OC(C)=O)c(N)c1. The van der Waals surface area contributed by atoms with Crippen molar-refractivity contribution in [2.24, 2.45) is 0 Å². The highest BCUT2D eigenvalue weighted by Crippen LogP contribution is 2.33. The summed E-state index contributed by atoms with van der Waals surface area (Å²) in [4.78, 5) is 62.9. The molecule has 3 unspecified atom stereocenters. The maximum Gasteiger partial charge on any atom is 0.412 e. The largest absolute Gasteiger partial charge is 0.472 e. The summed E-state index contributed by atoms with van der Waals surface area (Å²) >= 11 is 0. The number of rotatable bonds is 12. The molecule has 4 rings (SSSR count). The number of anilines is 1. The molecule has 3 aromatic rings. The molecule has 1 fully saturated rings. The number of methoxy groups -OCH3 is 1. The van der Waals surface area contributed by atoms with Crippen molar-refractivity contribution >= 4 is 46.4 Å². The van der Waals surface area contributed by atoms with Gasteiger partial charge >= 0.3 is 30.0 Å². The molecule has 0 aliphatic carbocycles. The average molecular weight is 683 g/mol. The Morgan fingerprint density at radius 1 is 0.816 bits per heavy atom. The van der Waals surface area contributed by atoms with Crippen molar-refractivity contribution in [1.29, 1.82) is 0 Å². The molecule has 3 aromatic carbocycles. The first-order valence-corrected chi connectivity index (χ1v) is 15.2. The number of carbonyl (C=O) groups is 5. The molecule has 1 amide bonds. The van der Waals surface area contributed by atoms with Crippen molar-refractivity contribution in [2.75, 3.05) is 26.1 Å². The fraction of sp³-hybridized carbons (Fsp3) is 0.382. The number of nitrogens with zero attached hydrogens (tertiary/aromatic N) is 1. The lowest BCUT2D eigenvalue weighted by atomic mass is 9.97. The van der Waals surface area contributed by atoms with Crippen LogP contribution in [-0.2, 0) is 54.2 Å². The number of amides is 1. The van der Waals surface area contributed by atoms with Crippen molar-refractivity contribution in [3.05, 3.63) is 66.2 Å². The van der Waals surface area contributed by atoms with Gasteiger partial charge in [0.2, 0.25) is 12.4 Å². The molecule has 15 nitrogen and oxygen atoms in total. The van der Waals surface area contributed by atoms with Gasteiger partial charge in [-0.05, 0) is 36.1 Å². The zero-order valence-electron chi connectivity index (χ0n) is 27.6. The Morgan fingerprint density at radius 3 is 2.12 bits per heavy atom. The molecule has 1 aliphatic heterocycles. The Morgan fingerprint density at radius 2 is 1.47 bits per heavy atom. The van der Waals surface area contributed by atoms with Crippen LogP contribution < -0.4 is 15.2 Å². The molecule has 0 saturated carbocycles. The van der Waals surface area contributed by atoms with Crippen LogP contribution in [0.15, 0.2) is 60.7 Å². The molecule has 262 valence electrons. The first-order chi connectivity index (χ1) is 23.4. The number of nitrogen functional groups attached to an aromatic ring is 1. The highest BCUT2D eigenvalue weighted by molar-refractivity contribution is 5.88. The van der Waals surface area contributed by atoms with E-state index in [2.05, 4.69) is 0 Å². The van der Waals surface area contributed by atoms with E-state index < -0.39 is 60.7 Å². The Labute approximate surface area is 282 Å². The lowest BCUT2D eigenvalue weighted by Gasteiger charge is -2.43. The van der Waals surface area contributed by atoms with Gasteiger partial charge in [-0.3, -0.25) is 19.3 Å². The molecule has 1 heterocycles. The van der Waals surface area contributed by atoms with Crippen LogP contribution in [0.1, 0.15) is 33.3 Å². The standard InChI is InChI=1S/C34H38N2O13/c1-6-36(18-44-26-13-9-11-23-10-7-8-12-24(23)26)34(41)43-17-22-14-15-27(25(35)16-22)48-33-31(47-21(4)39)29(46-20(3)38)28(45-19(2)37)30(49-33)32(40)42-5/h7-16,28-31,33H,6,17-18,35H2,1-5H3/t28?,29-,30?,31?,33+/m0/s1. The number of esters is 4. The van der Waals surface area contributed by atoms with E-state index >= 15 is 0 Å². The third kappa shape index (κ3) is 9.28. The maximum absolute atomic E-state index is 12.9. The second kappa shape index (κ2) is 16.5. The number of fused-ring (bicyclic) bond motifs is 1. The second-order valence-corrected chi connectivity index (χ2v) is 10.8.